The van der Waals surface area contributed by atoms with Crippen LogP contribution in [0.1, 0.15) is 16.8 Å². The number of aliphatic imine (C=N–C) groups is 1. The van der Waals surface area contributed by atoms with E-state index in [1.807, 2.05) is 39.2 Å². The van der Waals surface area contributed by atoms with Gasteiger partial charge in [-0.05, 0) is 38.1 Å². The molecular weight excluding hydrogens is 493 g/mol. The van der Waals surface area contributed by atoms with Gasteiger partial charge in [0.15, 0.2) is 5.96 Å². The maximum absolute atomic E-state index is 5.51. The molecule has 0 radical (unpaired) electrons. The number of nitrogens with zero attached hydrogens (tertiary/aromatic N) is 4. The molecule has 1 fully saturated rings. The predicted molar refractivity (Wildman–Crippen MR) is 133 cm³/mol. The molecule has 2 heterocycles. The van der Waals surface area contributed by atoms with Crippen molar-refractivity contribution in [1.29, 1.82) is 0 Å². The van der Waals surface area contributed by atoms with Crippen LogP contribution in [0.3, 0.4) is 0 Å². The second kappa shape index (κ2) is 11.2. The Balaban J connectivity index is 0.00000320. The van der Waals surface area contributed by atoms with Crippen molar-refractivity contribution in [2.75, 3.05) is 52.3 Å². The van der Waals surface area contributed by atoms with Gasteiger partial charge < -0.3 is 24.6 Å². The molecule has 30 heavy (non-hydrogen) atoms. The number of benzene rings is 1. The number of pyridine rings is 1. The summed E-state index contributed by atoms with van der Waals surface area (Å²) in [4.78, 5) is 13.7. The summed E-state index contributed by atoms with van der Waals surface area (Å²) in [5, 5.41) is 3.46. The summed E-state index contributed by atoms with van der Waals surface area (Å²) in [7, 11) is 5.22. The van der Waals surface area contributed by atoms with Crippen molar-refractivity contribution in [1.82, 2.24) is 15.2 Å². The Morgan fingerprint density at radius 3 is 2.30 bits per heavy atom. The number of methoxy groups -OCH3 is 2. The zero-order valence-electron chi connectivity index (χ0n) is 18.4. The molecule has 0 unspecified atom stereocenters. The number of hydrogen-bond acceptors (Lipinski definition) is 5. The van der Waals surface area contributed by atoms with Crippen molar-refractivity contribution in [2.45, 2.75) is 20.4 Å². The van der Waals surface area contributed by atoms with Crippen molar-refractivity contribution in [3.63, 3.8) is 0 Å². The number of halogens is 1. The summed E-state index contributed by atoms with van der Waals surface area (Å²) in [6, 6.07) is 8.24. The van der Waals surface area contributed by atoms with E-state index in [2.05, 4.69) is 37.2 Å². The molecule has 8 heteroatoms. The summed E-state index contributed by atoms with van der Waals surface area (Å²) in [5.74, 6) is 2.69. The quantitative estimate of drug-likeness (QED) is 0.368. The van der Waals surface area contributed by atoms with Gasteiger partial charge in [-0.25, -0.2) is 0 Å². The topological polar surface area (TPSA) is 62.2 Å². The van der Waals surface area contributed by atoms with Gasteiger partial charge in [0, 0.05) is 56.2 Å². The zero-order valence-corrected chi connectivity index (χ0v) is 20.8. The number of ether oxygens (including phenoxy) is 2. The highest BCUT2D eigenvalue weighted by atomic mass is 127. The van der Waals surface area contributed by atoms with E-state index >= 15 is 0 Å². The van der Waals surface area contributed by atoms with Gasteiger partial charge in [-0.1, -0.05) is 0 Å². The highest BCUT2D eigenvalue weighted by Crippen LogP contribution is 2.24. The summed E-state index contributed by atoms with van der Waals surface area (Å²) in [6.07, 6.45) is 1.86. The fraction of sp³-hybridized carbons (Fsp3) is 0.455. The largest absolute Gasteiger partial charge is 0.497 e. The van der Waals surface area contributed by atoms with Gasteiger partial charge in [-0.2, -0.15) is 0 Å². The lowest BCUT2D eigenvalue weighted by atomic mass is 10.1. The summed E-state index contributed by atoms with van der Waals surface area (Å²) < 4.78 is 10.8. The van der Waals surface area contributed by atoms with E-state index in [-0.39, 0.29) is 24.0 Å². The molecule has 164 valence electrons. The fourth-order valence-corrected chi connectivity index (χ4v) is 3.71. The van der Waals surface area contributed by atoms with Crippen LogP contribution < -0.4 is 19.7 Å². The Kier molecular flexibility index (Phi) is 9.01. The molecule has 0 atom stereocenters. The minimum Gasteiger partial charge on any atom is -0.497 e. The Morgan fingerprint density at radius 1 is 1.07 bits per heavy atom. The second-order valence-corrected chi connectivity index (χ2v) is 7.12. The maximum Gasteiger partial charge on any atom is 0.194 e. The molecule has 7 nitrogen and oxygen atoms in total. The summed E-state index contributed by atoms with van der Waals surface area (Å²) in [5.41, 5.74) is 4.32. The average molecular weight is 525 g/mol. The number of aromatic nitrogens is 1. The normalized spacial score (nSPS) is 14.2. The average Bonchev–Trinajstić information content (AvgIpc) is 2.76. The van der Waals surface area contributed by atoms with Gasteiger partial charge in [0.05, 0.1) is 26.5 Å². The molecule has 1 N–H and O–H groups in total. The van der Waals surface area contributed by atoms with Crippen LogP contribution in [-0.2, 0) is 6.54 Å². The minimum absolute atomic E-state index is 0. The predicted octanol–water partition coefficient (Wildman–Crippen LogP) is 3.23. The molecule has 0 aliphatic carbocycles. The lowest BCUT2D eigenvalue weighted by molar-refractivity contribution is 0.372. The van der Waals surface area contributed by atoms with E-state index in [1.54, 1.807) is 14.2 Å². The minimum atomic E-state index is 0. The molecule has 0 saturated carbocycles. The van der Waals surface area contributed by atoms with E-state index in [0.29, 0.717) is 6.54 Å². The number of guanidine groups is 1. The van der Waals surface area contributed by atoms with Crippen LogP contribution in [0, 0.1) is 13.8 Å². The van der Waals surface area contributed by atoms with Crippen molar-refractivity contribution >= 4 is 35.6 Å². The van der Waals surface area contributed by atoms with Crippen molar-refractivity contribution < 1.29 is 9.47 Å². The van der Waals surface area contributed by atoms with E-state index < -0.39 is 0 Å². The van der Waals surface area contributed by atoms with Crippen LogP contribution in [0.15, 0.2) is 35.5 Å². The molecule has 1 aromatic carbocycles. The van der Waals surface area contributed by atoms with Crippen LogP contribution in [-0.4, -0.2) is 63.3 Å². The van der Waals surface area contributed by atoms with E-state index in [0.717, 1.165) is 60.5 Å². The number of anilines is 1. The first kappa shape index (κ1) is 24.0. The molecule has 1 aliphatic rings. The molecule has 0 amide bonds. The molecule has 1 saturated heterocycles. The van der Waals surface area contributed by atoms with E-state index in [4.69, 9.17) is 9.47 Å². The molecule has 1 aliphatic heterocycles. The zero-order chi connectivity index (χ0) is 20.8. The molecule has 1 aromatic heterocycles. The van der Waals surface area contributed by atoms with Crippen LogP contribution in [0.4, 0.5) is 5.69 Å². The monoisotopic (exact) mass is 525 g/mol. The Labute approximate surface area is 196 Å². The van der Waals surface area contributed by atoms with Gasteiger partial charge in [-0.15, -0.1) is 24.0 Å². The maximum atomic E-state index is 5.51. The Hall–Kier alpha value is -2.23. The second-order valence-electron chi connectivity index (χ2n) is 7.12. The lowest BCUT2D eigenvalue weighted by Gasteiger charge is -2.37. The fourth-order valence-electron chi connectivity index (χ4n) is 3.71. The van der Waals surface area contributed by atoms with Gasteiger partial charge in [0.25, 0.3) is 0 Å². The molecule has 2 aromatic rings. The molecule has 0 bridgehead atoms. The highest BCUT2D eigenvalue weighted by molar-refractivity contribution is 14.0. The highest BCUT2D eigenvalue weighted by Gasteiger charge is 2.20. The number of nitrogens with one attached hydrogen (secondary N) is 1. The molecule has 0 spiro atoms. The van der Waals surface area contributed by atoms with Gasteiger partial charge >= 0.3 is 0 Å². The van der Waals surface area contributed by atoms with Crippen LogP contribution >= 0.6 is 24.0 Å². The molecule has 3 rings (SSSR count). The number of hydrogen-bond donors (Lipinski definition) is 1. The summed E-state index contributed by atoms with van der Waals surface area (Å²) >= 11 is 0. The third kappa shape index (κ3) is 5.47. The third-order valence-corrected chi connectivity index (χ3v) is 5.39. The smallest absolute Gasteiger partial charge is 0.194 e. The number of piperazine rings is 1. The third-order valence-electron chi connectivity index (χ3n) is 5.39. The SMILES string of the molecule is CN=C(NCc1ncc(C)c(OC)c1C)N1CCN(c2ccc(OC)cc2)CC1.I. The Bertz CT molecular complexity index is 849. The van der Waals surface area contributed by atoms with Crippen LogP contribution in [0.2, 0.25) is 0 Å². The van der Waals surface area contributed by atoms with Crippen molar-refractivity contribution in [3.8, 4) is 11.5 Å². The van der Waals surface area contributed by atoms with Crippen molar-refractivity contribution in [2.24, 2.45) is 4.99 Å². The van der Waals surface area contributed by atoms with E-state index in [9.17, 15) is 0 Å². The van der Waals surface area contributed by atoms with E-state index in [1.165, 1.54) is 5.69 Å². The van der Waals surface area contributed by atoms with Crippen LogP contribution in [0.5, 0.6) is 11.5 Å². The van der Waals surface area contributed by atoms with Crippen LogP contribution in [0.25, 0.3) is 0 Å². The first-order valence-electron chi connectivity index (χ1n) is 9.91. The number of rotatable bonds is 5. The first-order valence-corrected chi connectivity index (χ1v) is 9.91. The lowest BCUT2D eigenvalue weighted by Crippen LogP contribution is -2.52. The Morgan fingerprint density at radius 2 is 1.73 bits per heavy atom. The van der Waals surface area contributed by atoms with Gasteiger partial charge in [-0.3, -0.25) is 9.98 Å². The number of aryl methyl sites for hydroxylation is 1. The molecular formula is C22H32IN5O2. The van der Waals surface area contributed by atoms with Gasteiger partial charge in [0.1, 0.15) is 11.5 Å². The standard InChI is InChI=1S/C22H31N5O2.HI/c1-16-14-24-20(17(2)21(16)29-5)15-25-22(23-3)27-12-10-26(11-13-27)18-6-8-19(28-4)9-7-18;/h6-9,14H,10-13,15H2,1-5H3,(H,23,25);1H. The summed E-state index contributed by atoms with van der Waals surface area (Å²) in [6.45, 7) is 8.40. The van der Waals surface area contributed by atoms with Crippen molar-refractivity contribution in [3.05, 3.63) is 47.3 Å². The first-order chi connectivity index (χ1) is 14.1. The van der Waals surface area contributed by atoms with Gasteiger partial charge in [0.2, 0.25) is 0 Å².